The van der Waals surface area contributed by atoms with Crippen LogP contribution in [0.3, 0.4) is 0 Å². The minimum Gasteiger partial charge on any atom is -0.488 e. The van der Waals surface area contributed by atoms with Gasteiger partial charge in [-0.05, 0) is 34.9 Å². The van der Waals surface area contributed by atoms with Crippen molar-refractivity contribution >= 4 is 17.7 Å². The highest BCUT2D eigenvalue weighted by Gasteiger charge is 2.28. The molecule has 0 spiro atoms. The molecule has 0 bridgehead atoms. The molecule has 4 heterocycles. The predicted octanol–water partition coefficient (Wildman–Crippen LogP) is 1.78. The first-order chi connectivity index (χ1) is 15.7. The molecule has 1 amide bonds. The number of fused-ring (bicyclic) bond motifs is 1. The maximum absolute atomic E-state index is 11.6. The fourth-order valence-electron chi connectivity index (χ4n) is 4.30. The summed E-state index contributed by atoms with van der Waals surface area (Å²) in [7, 11) is 0. The predicted molar refractivity (Wildman–Crippen MR) is 120 cm³/mol. The third-order valence-electron chi connectivity index (χ3n) is 6.07. The van der Waals surface area contributed by atoms with Crippen molar-refractivity contribution in [2.45, 2.75) is 12.5 Å². The van der Waals surface area contributed by atoms with E-state index in [9.17, 15) is 4.79 Å². The van der Waals surface area contributed by atoms with E-state index in [1.807, 2.05) is 42.8 Å². The molecule has 1 fully saturated rings. The number of hydrogen-bond acceptors (Lipinski definition) is 7. The maximum atomic E-state index is 11.6. The molecule has 1 saturated heterocycles. The zero-order valence-electron chi connectivity index (χ0n) is 17.8. The summed E-state index contributed by atoms with van der Waals surface area (Å²) in [6, 6.07) is 9.80. The van der Waals surface area contributed by atoms with E-state index in [0.29, 0.717) is 31.3 Å². The number of rotatable bonds is 6. The zero-order chi connectivity index (χ0) is 21.9. The number of carbonyl (C=O) groups is 1. The van der Waals surface area contributed by atoms with Gasteiger partial charge in [0.05, 0.1) is 6.54 Å². The summed E-state index contributed by atoms with van der Waals surface area (Å²) in [5.74, 6) is 1.89. The van der Waals surface area contributed by atoms with Gasteiger partial charge >= 0.3 is 0 Å². The molecule has 0 radical (unpaired) electrons. The van der Waals surface area contributed by atoms with E-state index < -0.39 is 6.61 Å². The number of hydrogen-bond donors (Lipinski definition) is 1. The van der Waals surface area contributed by atoms with Gasteiger partial charge in [0, 0.05) is 63.7 Å². The van der Waals surface area contributed by atoms with Crippen molar-refractivity contribution in [3.8, 4) is 17.4 Å². The molecular formula is C24H26N4O4. The normalized spacial score (nSPS) is 20.1. The summed E-state index contributed by atoms with van der Waals surface area (Å²) in [5, 5.41) is 9.01. The van der Waals surface area contributed by atoms with Crippen LogP contribution in [0.15, 0.2) is 47.6 Å². The Kier molecular flexibility index (Phi) is 5.87. The SMILES string of the molecule is O=C(CO)N1CCN(CC2Cc3ccc(Oc4ccc(C5=CC=NC5)cn4)cc3O2)CC1. The molecule has 1 unspecified atom stereocenters. The molecule has 5 rings (SSSR count). The summed E-state index contributed by atoms with van der Waals surface area (Å²) < 4.78 is 12.1. The number of aliphatic hydroxyl groups is 1. The molecule has 8 heteroatoms. The van der Waals surface area contributed by atoms with Gasteiger partial charge in [-0.3, -0.25) is 14.7 Å². The highest BCUT2D eigenvalue weighted by molar-refractivity contribution is 5.89. The molecule has 1 atom stereocenters. The second-order valence-corrected chi connectivity index (χ2v) is 8.22. The quantitative estimate of drug-likeness (QED) is 0.746. The number of pyridine rings is 1. The molecular weight excluding hydrogens is 408 g/mol. The summed E-state index contributed by atoms with van der Waals surface area (Å²) in [6.45, 7) is 3.97. The smallest absolute Gasteiger partial charge is 0.248 e. The van der Waals surface area contributed by atoms with Crippen LogP contribution in [-0.4, -0.2) is 84.0 Å². The number of aliphatic imine (C=N–C) groups is 1. The zero-order valence-corrected chi connectivity index (χ0v) is 17.8. The Balaban J connectivity index is 1.15. The fraction of sp³-hybridized carbons (Fsp3) is 0.375. The van der Waals surface area contributed by atoms with Gasteiger partial charge in [0.2, 0.25) is 11.8 Å². The molecule has 3 aliphatic rings. The van der Waals surface area contributed by atoms with Gasteiger partial charge in [-0.15, -0.1) is 0 Å². The highest BCUT2D eigenvalue weighted by Crippen LogP contribution is 2.34. The number of piperazine rings is 1. The first kappa shape index (κ1) is 20.7. The topological polar surface area (TPSA) is 87.5 Å². The lowest BCUT2D eigenvalue weighted by Crippen LogP contribution is -2.51. The number of nitrogens with zero attached hydrogens (tertiary/aromatic N) is 4. The first-order valence-electron chi connectivity index (χ1n) is 10.9. The standard InChI is InChI=1S/C24H26N4O4/c29-16-24(30)28-9-7-27(8-10-28)15-21-11-17-1-3-20(12-22(17)31-21)32-23-4-2-18(14-26-23)19-5-6-25-13-19/h1-6,12,14,21,29H,7-11,13,15-16H2. The van der Waals surface area contributed by atoms with E-state index in [-0.39, 0.29) is 12.0 Å². The Hall–Kier alpha value is -3.23. The molecule has 1 aromatic carbocycles. The minimum atomic E-state index is -0.418. The van der Waals surface area contributed by atoms with E-state index >= 15 is 0 Å². The lowest BCUT2D eigenvalue weighted by Gasteiger charge is -2.35. The number of ether oxygens (including phenoxy) is 2. The molecule has 0 saturated carbocycles. The number of carbonyl (C=O) groups excluding carboxylic acids is 1. The lowest BCUT2D eigenvalue weighted by atomic mass is 10.1. The van der Waals surface area contributed by atoms with Crippen LogP contribution < -0.4 is 9.47 Å². The first-order valence-corrected chi connectivity index (χ1v) is 10.9. The third-order valence-corrected chi connectivity index (χ3v) is 6.07. The summed E-state index contributed by atoms with van der Waals surface area (Å²) in [4.78, 5) is 24.3. The van der Waals surface area contributed by atoms with Crippen molar-refractivity contribution in [2.75, 3.05) is 45.9 Å². The van der Waals surface area contributed by atoms with Crippen LogP contribution in [0.25, 0.3) is 5.57 Å². The minimum absolute atomic E-state index is 0.0830. The van der Waals surface area contributed by atoms with E-state index in [1.54, 1.807) is 4.90 Å². The van der Waals surface area contributed by atoms with Crippen LogP contribution in [0.4, 0.5) is 0 Å². The van der Waals surface area contributed by atoms with Gasteiger partial charge in [0.1, 0.15) is 24.2 Å². The molecule has 8 nitrogen and oxygen atoms in total. The van der Waals surface area contributed by atoms with Crippen LogP contribution in [0.5, 0.6) is 17.4 Å². The van der Waals surface area contributed by atoms with Crippen molar-refractivity contribution in [1.29, 1.82) is 0 Å². The van der Waals surface area contributed by atoms with Crippen molar-refractivity contribution in [3.63, 3.8) is 0 Å². The van der Waals surface area contributed by atoms with E-state index in [0.717, 1.165) is 42.9 Å². The van der Waals surface area contributed by atoms with Crippen molar-refractivity contribution in [1.82, 2.24) is 14.8 Å². The van der Waals surface area contributed by atoms with Gasteiger partial charge in [-0.25, -0.2) is 4.98 Å². The fourth-order valence-corrected chi connectivity index (χ4v) is 4.30. The van der Waals surface area contributed by atoms with E-state index in [2.05, 4.69) is 20.9 Å². The van der Waals surface area contributed by atoms with Gasteiger partial charge in [-0.2, -0.15) is 0 Å². The van der Waals surface area contributed by atoms with Gasteiger partial charge in [-0.1, -0.05) is 6.07 Å². The second kappa shape index (κ2) is 9.10. The van der Waals surface area contributed by atoms with Crippen LogP contribution in [0.1, 0.15) is 11.1 Å². The lowest BCUT2D eigenvalue weighted by molar-refractivity contribution is -0.136. The number of allylic oxidation sites excluding steroid dienone is 1. The van der Waals surface area contributed by atoms with Gasteiger partial charge in [0.25, 0.3) is 0 Å². The molecule has 1 N–H and O–H groups in total. The van der Waals surface area contributed by atoms with Crippen molar-refractivity contribution in [3.05, 3.63) is 53.7 Å². The monoisotopic (exact) mass is 434 g/mol. The van der Waals surface area contributed by atoms with E-state index in [4.69, 9.17) is 14.6 Å². The summed E-state index contributed by atoms with van der Waals surface area (Å²) in [5.41, 5.74) is 3.38. The summed E-state index contributed by atoms with van der Waals surface area (Å²) >= 11 is 0. The van der Waals surface area contributed by atoms with Gasteiger partial charge in [0.15, 0.2) is 0 Å². The van der Waals surface area contributed by atoms with Crippen LogP contribution in [0, 0.1) is 0 Å². The highest BCUT2D eigenvalue weighted by atomic mass is 16.5. The second-order valence-electron chi connectivity index (χ2n) is 8.22. The molecule has 1 aromatic heterocycles. The average molecular weight is 434 g/mol. The summed E-state index contributed by atoms with van der Waals surface area (Å²) in [6.07, 6.45) is 6.56. The Bertz CT molecular complexity index is 1040. The number of amides is 1. The molecule has 3 aliphatic heterocycles. The van der Waals surface area contributed by atoms with Crippen molar-refractivity contribution in [2.24, 2.45) is 4.99 Å². The maximum Gasteiger partial charge on any atom is 0.248 e. The van der Waals surface area contributed by atoms with Crippen molar-refractivity contribution < 1.29 is 19.4 Å². The van der Waals surface area contributed by atoms with E-state index in [1.165, 1.54) is 5.56 Å². The Labute approximate surface area is 186 Å². The molecule has 0 aliphatic carbocycles. The van der Waals surface area contributed by atoms with Crippen LogP contribution in [-0.2, 0) is 11.2 Å². The van der Waals surface area contributed by atoms with Crippen LogP contribution >= 0.6 is 0 Å². The Morgan fingerprint density at radius 1 is 1.19 bits per heavy atom. The largest absolute Gasteiger partial charge is 0.488 e. The van der Waals surface area contributed by atoms with Crippen LogP contribution in [0.2, 0.25) is 0 Å². The third kappa shape index (κ3) is 4.51. The Morgan fingerprint density at radius 3 is 2.78 bits per heavy atom. The van der Waals surface area contributed by atoms with Gasteiger partial charge < -0.3 is 19.5 Å². The number of aliphatic hydroxyl groups excluding tert-OH is 1. The number of benzene rings is 1. The Morgan fingerprint density at radius 2 is 2.06 bits per heavy atom. The molecule has 166 valence electrons. The molecule has 32 heavy (non-hydrogen) atoms. The average Bonchev–Trinajstić information content (AvgIpc) is 3.49. The molecule has 2 aromatic rings. The number of aromatic nitrogens is 1.